The summed E-state index contributed by atoms with van der Waals surface area (Å²) in [6.45, 7) is 8.46. The molecule has 2 heterocycles. The van der Waals surface area contributed by atoms with Crippen LogP contribution in [0.15, 0.2) is 48.0 Å². The van der Waals surface area contributed by atoms with Crippen molar-refractivity contribution < 1.29 is 24.2 Å². The number of unbranched alkanes of at least 4 members (excludes halogenated alkanes) is 2. The molecular weight excluding hydrogens is 430 g/mol. The van der Waals surface area contributed by atoms with Crippen molar-refractivity contribution in [1.29, 1.82) is 0 Å². The van der Waals surface area contributed by atoms with Crippen LogP contribution >= 0.6 is 0 Å². The van der Waals surface area contributed by atoms with Crippen LogP contribution in [0.25, 0.3) is 5.76 Å². The van der Waals surface area contributed by atoms with Crippen LogP contribution in [0.4, 0.5) is 0 Å². The predicted molar refractivity (Wildman–Crippen MR) is 131 cm³/mol. The van der Waals surface area contributed by atoms with Gasteiger partial charge in [0.15, 0.2) is 0 Å². The van der Waals surface area contributed by atoms with E-state index in [2.05, 4.69) is 6.92 Å². The fourth-order valence-electron chi connectivity index (χ4n) is 4.72. The van der Waals surface area contributed by atoms with Crippen molar-refractivity contribution in [2.24, 2.45) is 0 Å². The van der Waals surface area contributed by atoms with Crippen LogP contribution in [0.3, 0.4) is 0 Å². The highest BCUT2D eigenvalue weighted by molar-refractivity contribution is 6.46. The molecule has 2 aromatic carbocycles. The number of aliphatic hydroxyl groups is 1. The first-order valence-corrected chi connectivity index (χ1v) is 12.1. The maximum absolute atomic E-state index is 13.2. The van der Waals surface area contributed by atoms with Crippen LogP contribution in [0.2, 0.25) is 0 Å². The van der Waals surface area contributed by atoms with Crippen LogP contribution in [0.1, 0.15) is 69.7 Å². The van der Waals surface area contributed by atoms with Gasteiger partial charge in [-0.1, -0.05) is 31.9 Å². The average Bonchev–Trinajstić information content (AvgIpc) is 3.30. The van der Waals surface area contributed by atoms with E-state index in [1.165, 1.54) is 0 Å². The molecule has 0 spiro atoms. The third-order valence-corrected chi connectivity index (χ3v) is 6.28. The van der Waals surface area contributed by atoms with E-state index in [9.17, 15) is 14.7 Å². The van der Waals surface area contributed by atoms with Crippen LogP contribution in [-0.2, 0) is 16.0 Å². The summed E-state index contributed by atoms with van der Waals surface area (Å²) in [6, 6.07) is 12.2. The number of aliphatic hydroxyl groups excluding tert-OH is 1. The predicted octanol–water partition coefficient (Wildman–Crippen LogP) is 5.41. The van der Waals surface area contributed by atoms with E-state index in [4.69, 9.17) is 9.47 Å². The molecule has 1 saturated heterocycles. The van der Waals surface area contributed by atoms with Gasteiger partial charge in [0.2, 0.25) is 0 Å². The molecule has 2 atom stereocenters. The molecule has 1 fully saturated rings. The van der Waals surface area contributed by atoms with Gasteiger partial charge in [-0.3, -0.25) is 9.59 Å². The van der Waals surface area contributed by atoms with E-state index in [0.29, 0.717) is 12.1 Å². The smallest absolute Gasteiger partial charge is 0.295 e. The highest BCUT2D eigenvalue weighted by Crippen LogP contribution is 2.41. The Hall–Kier alpha value is -3.28. The first kappa shape index (κ1) is 23.9. The standard InChI is InChI=1S/C28H33NO5/c1-5-6-7-14-29-25(19-8-11-22(12-9-19)33-17(2)3)24(27(31)28(29)32)26(30)20-10-13-23-21(16-20)15-18(4)34-23/h8-13,16-18,25,30H,5-7,14-15H2,1-4H3/b26-24-. The number of hydrogen-bond donors (Lipinski definition) is 1. The summed E-state index contributed by atoms with van der Waals surface area (Å²) in [5, 5.41) is 11.3. The Kier molecular flexibility index (Phi) is 6.96. The number of ketones is 1. The Morgan fingerprint density at radius 1 is 1.15 bits per heavy atom. The molecule has 0 aliphatic carbocycles. The van der Waals surface area contributed by atoms with Crippen molar-refractivity contribution in [3.8, 4) is 11.5 Å². The lowest BCUT2D eigenvalue weighted by molar-refractivity contribution is -0.139. The van der Waals surface area contributed by atoms with Gasteiger partial charge in [-0.25, -0.2) is 0 Å². The Bertz CT molecular complexity index is 1100. The normalized spacial score (nSPS) is 21.1. The number of ether oxygens (including phenoxy) is 2. The van der Waals surface area contributed by atoms with Crippen molar-refractivity contribution in [3.63, 3.8) is 0 Å². The quantitative estimate of drug-likeness (QED) is 0.245. The second kappa shape index (κ2) is 9.92. The van der Waals surface area contributed by atoms with Gasteiger partial charge < -0.3 is 19.5 Å². The number of carbonyl (C=O) groups is 2. The largest absolute Gasteiger partial charge is 0.507 e. The van der Waals surface area contributed by atoms with E-state index < -0.39 is 17.7 Å². The zero-order chi connectivity index (χ0) is 24.4. The number of likely N-dealkylation sites (tertiary alicyclic amines) is 1. The molecule has 1 amide bonds. The van der Waals surface area contributed by atoms with Crippen LogP contribution in [0.5, 0.6) is 11.5 Å². The molecule has 0 bridgehead atoms. The SMILES string of the molecule is CCCCCN1C(=O)C(=O)/C(=C(\O)c2ccc3c(c2)CC(C)O3)C1c1ccc(OC(C)C)cc1. The lowest BCUT2D eigenvalue weighted by Gasteiger charge is -2.25. The van der Waals surface area contributed by atoms with Crippen LogP contribution < -0.4 is 9.47 Å². The second-order valence-corrected chi connectivity index (χ2v) is 9.39. The molecule has 2 aromatic rings. The van der Waals surface area contributed by atoms with Crippen molar-refractivity contribution in [2.45, 2.75) is 71.6 Å². The van der Waals surface area contributed by atoms with Gasteiger partial charge in [-0.2, -0.15) is 0 Å². The molecule has 180 valence electrons. The molecule has 2 aliphatic heterocycles. The van der Waals surface area contributed by atoms with E-state index in [1.807, 2.05) is 57.2 Å². The molecule has 2 aliphatic rings. The molecule has 2 unspecified atom stereocenters. The fraction of sp³-hybridized carbons (Fsp3) is 0.429. The van der Waals surface area contributed by atoms with E-state index in [0.717, 1.165) is 48.3 Å². The third-order valence-electron chi connectivity index (χ3n) is 6.28. The Morgan fingerprint density at radius 2 is 1.88 bits per heavy atom. The number of rotatable bonds is 8. The molecule has 34 heavy (non-hydrogen) atoms. The third kappa shape index (κ3) is 4.67. The van der Waals surface area contributed by atoms with Gasteiger partial charge in [0.05, 0.1) is 17.7 Å². The number of hydrogen-bond acceptors (Lipinski definition) is 5. The fourth-order valence-corrected chi connectivity index (χ4v) is 4.72. The molecule has 1 N–H and O–H groups in total. The van der Waals surface area contributed by atoms with Gasteiger partial charge in [-0.05, 0) is 68.7 Å². The minimum atomic E-state index is -0.647. The number of amides is 1. The Balaban J connectivity index is 1.76. The summed E-state index contributed by atoms with van der Waals surface area (Å²) >= 11 is 0. The number of Topliss-reactive ketones (excluding diaryl/α,β-unsaturated/α-hetero) is 1. The van der Waals surface area contributed by atoms with Gasteiger partial charge in [0.25, 0.3) is 11.7 Å². The van der Waals surface area contributed by atoms with Crippen molar-refractivity contribution in [3.05, 3.63) is 64.7 Å². The molecule has 4 rings (SSSR count). The van der Waals surface area contributed by atoms with Crippen molar-refractivity contribution >= 4 is 17.4 Å². The number of benzene rings is 2. The molecular formula is C28H33NO5. The highest BCUT2D eigenvalue weighted by atomic mass is 16.5. The molecule has 6 nitrogen and oxygen atoms in total. The number of carbonyl (C=O) groups excluding carboxylic acids is 2. The highest BCUT2D eigenvalue weighted by Gasteiger charge is 2.45. The zero-order valence-electron chi connectivity index (χ0n) is 20.3. The summed E-state index contributed by atoms with van der Waals surface area (Å²) in [5.74, 6) is 0.150. The maximum atomic E-state index is 13.2. The minimum absolute atomic E-state index is 0.0389. The molecule has 0 radical (unpaired) electrons. The van der Waals surface area contributed by atoms with Gasteiger partial charge in [-0.15, -0.1) is 0 Å². The van der Waals surface area contributed by atoms with Gasteiger partial charge in [0, 0.05) is 18.5 Å². The zero-order valence-corrected chi connectivity index (χ0v) is 20.3. The summed E-state index contributed by atoms with van der Waals surface area (Å²) in [7, 11) is 0. The second-order valence-electron chi connectivity index (χ2n) is 9.39. The van der Waals surface area contributed by atoms with E-state index in [-0.39, 0.29) is 23.5 Å². The summed E-state index contributed by atoms with van der Waals surface area (Å²) < 4.78 is 11.5. The van der Waals surface area contributed by atoms with Crippen molar-refractivity contribution in [1.82, 2.24) is 4.90 Å². The summed E-state index contributed by atoms with van der Waals surface area (Å²) in [5.41, 5.74) is 2.41. The van der Waals surface area contributed by atoms with E-state index in [1.54, 1.807) is 11.0 Å². The first-order chi connectivity index (χ1) is 16.3. The molecule has 0 aromatic heterocycles. The lowest BCUT2D eigenvalue weighted by Crippen LogP contribution is -2.30. The minimum Gasteiger partial charge on any atom is -0.507 e. The first-order valence-electron chi connectivity index (χ1n) is 12.1. The van der Waals surface area contributed by atoms with Gasteiger partial charge >= 0.3 is 0 Å². The summed E-state index contributed by atoms with van der Waals surface area (Å²) in [6.07, 6.45) is 3.61. The average molecular weight is 464 g/mol. The lowest BCUT2D eigenvalue weighted by atomic mass is 9.94. The van der Waals surface area contributed by atoms with E-state index >= 15 is 0 Å². The molecule has 6 heteroatoms. The van der Waals surface area contributed by atoms with Gasteiger partial charge in [0.1, 0.15) is 23.4 Å². The van der Waals surface area contributed by atoms with Crippen molar-refractivity contribution in [2.75, 3.05) is 6.54 Å². The summed E-state index contributed by atoms with van der Waals surface area (Å²) in [4.78, 5) is 27.8. The topological polar surface area (TPSA) is 76.1 Å². The monoisotopic (exact) mass is 463 g/mol. The Morgan fingerprint density at radius 3 is 2.56 bits per heavy atom. The maximum Gasteiger partial charge on any atom is 0.295 e. The Labute approximate surface area is 201 Å². The number of fused-ring (bicyclic) bond motifs is 1. The molecule has 0 saturated carbocycles. The van der Waals surface area contributed by atoms with Crippen LogP contribution in [0, 0.1) is 0 Å². The number of nitrogens with zero attached hydrogens (tertiary/aromatic N) is 1. The van der Waals surface area contributed by atoms with Crippen LogP contribution in [-0.4, -0.2) is 40.4 Å².